The van der Waals surface area contributed by atoms with Gasteiger partial charge < -0.3 is 15.4 Å². The van der Waals surface area contributed by atoms with Crippen molar-refractivity contribution in [3.63, 3.8) is 0 Å². The van der Waals surface area contributed by atoms with Gasteiger partial charge in [-0.05, 0) is 49.9 Å². The van der Waals surface area contributed by atoms with Crippen LogP contribution in [0.1, 0.15) is 31.9 Å². The molecule has 2 rings (SSSR count). The van der Waals surface area contributed by atoms with Gasteiger partial charge in [0.2, 0.25) is 0 Å². The van der Waals surface area contributed by atoms with E-state index in [2.05, 4.69) is 31.0 Å². The average molecular weight is 262 g/mol. The summed E-state index contributed by atoms with van der Waals surface area (Å²) >= 11 is 0. The van der Waals surface area contributed by atoms with Gasteiger partial charge in [0.25, 0.3) is 0 Å². The van der Waals surface area contributed by atoms with Gasteiger partial charge >= 0.3 is 0 Å². The minimum absolute atomic E-state index is 0.0785. The molecule has 3 atom stereocenters. The molecule has 0 amide bonds. The Morgan fingerprint density at radius 1 is 1.37 bits per heavy atom. The quantitative estimate of drug-likeness (QED) is 0.821. The molecule has 1 aliphatic carbocycles. The van der Waals surface area contributed by atoms with Gasteiger partial charge in [-0.2, -0.15) is 0 Å². The van der Waals surface area contributed by atoms with E-state index < -0.39 is 0 Å². The Hall–Kier alpha value is -1.06. The van der Waals surface area contributed by atoms with E-state index in [1.165, 1.54) is 18.5 Å². The highest BCUT2D eigenvalue weighted by molar-refractivity contribution is 5.29. The smallest absolute Gasteiger partial charge is 0.119 e. The Morgan fingerprint density at radius 2 is 2.00 bits per heavy atom. The molecular formula is C16H26N2O. The zero-order valence-electron chi connectivity index (χ0n) is 12.3. The lowest BCUT2D eigenvalue weighted by atomic mass is 10.1. The predicted molar refractivity (Wildman–Crippen MR) is 79.3 cm³/mol. The van der Waals surface area contributed by atoms with Gasteiger partial charge in [0.1, 0.15) is 5.75 Å². The van der Waals surface area contributed by atoms with Gasteiger partial charge in [0.05, 0.1) is 6.61 Å². The summed E-state index contributed by atoms with van der Waals surface area (Å²) in [6.45, 7) is 7.11. The fourth-order valence-electron chi connectivity index (χ4n) is 2.55. The first-order valence-corrected chi connectivity index (χ1v) is 7.27. The third kappa shape index (κ3) is 4.22. The second kappa shape index (κ2) is 6.40. The van der Waals surface area contributed by atoms with Crippen LogP contribution in [0.3, 0.4) is 0 Å². The maximum atomic E-state index is 6.27. The monoisotopic (exact) mass is 262 g/mol. The highest BCUT2D eigenvalue weighted by atomic mass is 16.5. The van der Waals surface area contributed by atoms with Crippen LogP contribution in [0.25, 0.3) is 0 Å². The molecule has 106 valence electrons. The summed E-state index contributed by atoms with van der Waals surface area (Å²) in [5, 5.41) is 0. The van der Waals surface area contributed by atoms with Crippen molar-refractivity contribution in [2.75, 3.05) is 26.7 Å². The van der Waals surface area contributed by atoms with Crippen molar-refractivity contribution < 1.29 is 4.74 Å². The topological polar surface area (TPSA) is 38.5 Å². The van der Waals surface area contributed by atoms with E-state index in [9.17, 15) is 0 Å². The number of rotatable bonds is 7. The Balaban J connectivity index is 1.82. The van der Waals surface area contributed by atoms with Gasteiger partial charge in [0, 0.05) is 19.1 Å². The maximum absolute atomic E-state index is 6.27. The van der Waals surface area contributed by atoms with Gasteiger partial charge in [-0.15, -0.1) is 0 Å². The molecule has 2 N–H and O–H groups in total. The van der Waals surface area contributed by atoms with E-state index >= 15 is 0 Å². The molecule has 1 aromatic rings. The molecule has 0 saturated heterocycles. The Labute approximate surface area is 116 Å². The van der Waals surface area contributed by atoms with E-state index in [1.807, 2.05) is 19.1 Å². The highest BCUT2D eigenvalue weighted by Crippen LogP contribution is 2.38. The molecule has 1 aromatic carbocycles. The number of ether oxygens (including phenoxy) is 1. The molecule has 3 nitrogen and oxygen atoms in total. The second-order valence-electron chi connectivity index (χ2n) is 5.80. The fraction of sp³-hybridized carbons (Fsp3) is 0.625. The molecule has 1 fully saturated rings. The first-order valence-electron chi connectivity index (χ1n) is 7.27. The molecule has 19 heavy (non-hydrogen) atoms. The van der Waals surface area contributed by atoms with Crippen LogP contribution in [0.4, 0.5) is 0 Å². The number of likely N-dealkylation sites (N-methyl/N-ethyl adjacent to an activating group) is 1. The molecule has 3 heteroatoms. The van der Waals surface area contributed by atoms with Crippen LogP contribution < -0.4 is 10.5 Å². The van der Waals surface area contributed by atoms with Crippen LogP contribution in [0.2, 0.25) is 0 Å². The molecule has 0 heterocycles. The van der Waals surface area contributed by atoms with E-state index in [0.29, 0.717) is 6.61 Å². The lowest BCUT2D eigenvalue weighted by molar-refractivity contribution is 0.295. The minimum Gasteiger partial charge on any atom is -0.494 e. The lowest BCUT2D eigenvalue weighted by Gasteiger charge is -2.21. The van der Waals surface area contributed by atoms with Gasteiger partial charge in [-0.3, -0.25) is 0 Å². The van der Waals surface area contributed by atoms with Crippen molar-refractivity contribution in [3.05, 3.63) is 29.8 Å². The zero-order valence-corrected chi connectivity index (χ0v) is 12.3. The van der Waals surface area contributed by atoms with Crippen LogP contribution >= 0.6 is 0 Å². The first-order chi connectivity index (χ1) is 9.10. The van der Waals surface area contributed by atoms with Crippen LogP contribution in [-0.2, 0) is 0 Å². The molecule has 1 aliphatic rings. The first kappa shape index (κ1) is 14.4. The Bertz CT molecular complexity index is 390. The molecular weight excluding hydrogens is 236 g/mol. The maximum Gasteiger partial charge on any atom is 0.119 e. The number of nitrogens with zero attached hydrogens (tertiary/aromatic N) is 1. The molecule has 3 unspecified atom stereocenters. The van der Waals surface area contributed by atoms with E-state index in [0.717, 1.165) is 24.1 Å². The number of nitrogens with two attached hydrogens (primary N) is 1. The number of benzene rings is 1. The average Bonchev–Trinajstić information content (AvgIpc) is 3.05. The summed E-state index contributed by atoms with van der Waals surface area (Å²) in [5.41, 5.74) is 7.45. The van der Waals surface area contributed by atoms with E-state index in [1.54, 1.807) is 0 Å². The molecule has 0 bridgehead atoms. The highest BCUT2D eigenvalue weighted by Gasteiger charge is 2.33. The SMILES string of the molecule is CCOc1ccc(C(N)CN(C)CC2CC2C)cc1. The van der Waals surface area contributed by atoms with E-state index in [4.69, 9.17) is 10.5 Å². The summed E-state index contributed by atoms with van der Waals surface area (Å²) in [4.78, 5) is 2.36. The molecule has 0 spiro atoms. The fourth-order valence-corrected chi connectivity index (χ4v) is 2.55. The number of hydrogen-bond acceptors (Lipinski definition) is 3. The molecule has 1 saturated carbocycles. The van der Waals surface area contributed by atoms with Gasteiger partial charge in [-0.1, -0.05) is 19.1 Å². The second-order valence-corrected chi connectivity index (χ2v) is 5.80. The van der Waals surface area contributed by atoms with Crippen molar-refractivity contribution >= 4 is 0 Å². The normalized spacial score (nSPS) is 23.4. The van der Waals surface area contributed by atoms with Crippen LogP contribution in [0.15, 0.2) is 24.3 Å². The van der Waals surface area contributed by atoms with Crippen LogP contribution in [0, 0.1) is 11.8 Å². The van der Waals surface area contributed by atoms with Gasteiger partial charge in [-0.25, -0.2) is 0 Å². The third-order valence-corrected chi connectivity index (χ3v) is 3.95. The Morgan fingerprint density at radius 3 is 2.53 bits per heavy atom. The van der Waals surface area contributed by atoms with Crippen molar-refractivity contribution in [1.29, 1.82) is 0 Å². The summed E-state index contributed by atoms with van der Waals surface area (Å²) < 4.78 is 5.44. The van der Waals surface area contributed by atoms with Crippen molar-refractivity contribution in [1.82, 2.24) is 4.90 Å². The van der Waals surface area contributed by atoms with Crippen LogP contribution in [-0.4, -0.2) is 31.6 Å². The van der Waals surface area contributed by atoms with Crippen molar-refractivity contribution in [2.24, 2.45) is 17.6 Å². The minimum atomic E-state index is 0.0785. The summed E-state index contributed by atoms with van der Waals surface area (Å²) in [5.74, 6) is 2.71. The molecule has 0 aromatic heterocycles. The van der Waals surface area contributed by atoms with Gasteiger partial charge in [0.15, 0.2) is 0 Å². The van der Waals surface area contributed by atoms with Crippen molar-refractivity contribution in [2.45, 2.75) is 26.3 Å². The number of hydrogen-bond donors (Lipinski definition) is 1. The summed E-state index contributed by atoms with van der Waals surface area (Å²) in [6.07, 6.45) is 1.38. The predicted octanol–water partition coefficient (Wildman–Crippen LogP) is 2.67. The van der Waals surface area contributed by atoms with Crippen LogP contribution in [0.5, 0.6) is 5.75 Å². The zero-order chi connectivity index (χ0) is 13.8. The van der Waals surface area contributed by atoms with E-state index in [-0.39, 0.29) is 6.04 Å². The third-order valence-electron chi connectivity index (χ3n) is 3.95. The summed E-state index contributed by atoms with van der Waals surface area (Å²) in [6, 6.07) is 8.23. The molecule has 0 aliphatic heterocycles. The molecule has 0 radical (unpaired) electrons. The Kier molecular flexibility index (Phi) is 4.83. The standard InChI is InChI=1S/C16H26N2O/c1-4-19-15-7-5-13(6-8-15)16(17)11-18(3)10-14-9-12(14)2/h5-8,12,14,16H,4,9-11,17H2,1-3H3. The largest absolute Gasteiger partial charge is 0.494 e. The van der Waals surface area contributed by atoms with Crippen molar-refractivity contribution in [3.8, 4) is 5.75 Å². The lowest BCUT2D eigenvalue weighted by Crippen LogP contribution is -2.30. The summed E-state index contributed by atoms with van der Waals surface area (Å²) in [7, 11) is 2.17.